The second-order valence-corrected chi connectivity index (χ2v) is 8.02. The largest absolute Gasteiger partial charge is 0.496 e. The molecule has 1 N–H and O–H groups in total. The zero-order valence-electron chi connectivity index (χ0n) is 17.6. The molecule has 1 aromatic heterocycles. The molecule has 8 nitrogen and oxygen atoms in total. The van der Waals surface area contributed by atoms with Crippen molar-refractivity contribution in [2.45, 2.75) is 12.8 Å². The maximum absolute atomic E-state index is 13.1. The van der Waals surface area contributed by atoms with Crippen LogP contribution in [-0.4, -0.2) is 35.2 Å². The second kappa shape index (κ2) is 8.11. The monoisotopic (exact) mass is 442 g/mol. The minimum absolute atomic E-state index is 0.341. The number of fused-ring (bicyclic) bond motifs is 1. The molecule has 0 radical (unpaired) electrons. The third kappa shape index (κ3) is 3.67. The highest BCUT2D eigenvalue weighted by atomic mass is 35.5. The van der Waals surface area contributed by atoms with E-state index in [0.717, 1.165) is 31.6 Å². The van der Waals surface area contributed by atoms with Crippen molar-refractivity contribution in [2.75, 3.05) is 30.4 Å². The molecule has 3 aromatic rings. The Morgan fingerprint density at radius 2 is 1.61 bits per heavy atom. The molecular formula is C22H23ClN4O4. The number of carbonyl (C=O) groups is 1. The molecule has 0 bridgehead atoms. The van der Waals surface area contributed by atoms with Crippen molar-refractivity contribution >= 4 is 39.9 Å². The predicted octanol–water partition coefficient (Wildman–Crippen LogP) is 2.75. The molecule has 1 saturated heterocycles. The molecular weight excluding hydrogens is 420 g/mol. The number of nitrogens with zero attached hydrogens (tertiary/aromatic N) is 3. The molecule has 1 aliphatic rings. The number of hydrogen-bond acceptors (Lipinski definition) is 5. The number of nitrogens with one attached hydrogen (secondary N) is 1. The number of aryl methyl sites for hydroxylation is 2. The van der Waals surface area contributed by atoms with Crippen molar-refractivity contribution in [1.29, 1.82) is 0 Å². The summed E-state index contributed by atoms with van der Waals surface area (Å²) in [5.41, 5.74) is 1.66. The van der Waals surface area contributed by atoms with Gasteiger partial charge < -0.3 is 24.1 Å². The van der Waals surface area contributed by atoms with Gasteiger partial charge in [0.1, 0.15) is 5.75 Å². The van der Waals surface area contributed by atoms with Crippen molar-refractivity contribution in [3.8, 4) is 5.75 Å². The van der Waals surface area contributed by atoms with Gasteiger partial charge in [0.2, 0.25) is 0 Å². The fourth-order valence-corrected chi connectivity index (χ4v) is 4.13. The van der Waals surface area contributed by atoms with Crippen LogP contribution in [0.1, 0.15) is 23.2 Å². The number of methoxy groups -OCH3 is 1. The van der Waals surface area contributed by atoms with E-state index in [9.17, 15) is 14.4 Å². The van der Waals surface area contributed by atoms with Crippen LogP contribution in [0.4, 0.5) is 11.4 Å². The van der Waals surface area contributed by atoms with E-state index in [1.807, 2.05) is 6.07 Å². The molecule has 4 rings (SSSR count). The molecule has 9 heteroatoms. The molecule has 0 aliphatic carbocycles. The van der Waals surface area contributed by atoms with Gasteiger partial charge in [-0.05, 0) is 43.2 Å². The highest BCUT2D eigenvalue weighted by molar-refractivity contribution is 6.31. The van der Waals surface area contributed by atoms with Crippen molar-refractivity contribution in [1.82, 2.24) is 9.13 Å². The van der Waals surface area contributed by atoms with Gasteiger partial charge in [0, 0.05) is 32.2 Å². The first-order chi connectivity index (χ1) is 14.8. The predicted molar refractivity (Wildman–Crippen MR) is 122 cm³/mol. The average Bonchev–Trinajstić information content (AvgIpc) is 3.30. The Labute approximate surface area is 183 Å². The van der Waals surface area contributed by atoms with Gasteiger partial charge >= 0.3 is 11.1 Å². The lowest BCUT2D eigenvalue weighted by molar-refractivity contribution is 0.102. The van der Waals surface area contributed by atoms with Gasteiger partial charge in [-0.1, -0.05) is 11.6 Å². The number of ether oxygens (including phenoxy) is 1. The Kier molecular flexibility index (Phi) is 5.49. The number of halogens is 1. The van der Waals surface area contributed by atoms with E-state index in [4.69, 9.17) is 16.3 Å². The first-order valence-corrected chi connectivity index (χ1v) is 10.3. The normalized spacial score (nSPS) is 13.6. The zero-order valence-corrected chi connectivity index (χ0v) is 18.3. The summed E-state index contributed by atoms with van der Waals surface area (Å²) in [6, 6.07) is 8.41. The van der Waals surface area contributed by atoms with Crippen LogP contribution in [0.3, 0.4) is 0 Å². The minimum Gasteiger partial charge on any atom is -0.496 e. The number of aromatic nitrogens is 2. The Bertz CT molecular complexity index is 1310. The van der Waals surface area contributed by atoms with Crippen molar-refractivity contribution in [2.24, 2.45) is 14.1 Å². The molecule has 31 heavy (non-hydrogen) atoms. The number of benzene rings is 2. The summed E-state index contributed by atoms with van der Waals surface area (Å²) >= 11 is 6.02. The highest BCUT2D eigenvalue weighted by Gasteiger charge is 2.22. The van der Waals surface area contributed by atoms with E-state index in [1.54, 1.807) is 38.4 Å². The topological polar surface area (TPSA) is 85.6 Å². The van der Waals surface area contributed by atoms with Crippen LogP contribution < -0.4 is 26.1 Å². The molecule has 0 unspecified atom stereocenters. The number of carbonyl (C=O) groups excluding carboxylic acids is 1. The summed E-state index contributed by atoms with van der Waals surface area (Å²) in [6.07, 6.45) is 2.09. The number of amides is 1. The Morgan fingerprint density at radius 3 is 2.23 bits per heavy atom. The smallest absolute Gasteiger partial charge is 0.316 e. The van der Waals surface area contributed by atoms with Crippen LogP contribution in [-0.2, 0) is 14.1 Å². The van der Waals surface area contributed by atoms with Crippen LogP contribution in [0.5, 0.6) is 5.75 Å². The van der Waals surface area contributed by atoms with E-state index in [-0.39, 0.29) is 5.91 Å². The van der Waals surface area contributed by atoms with E-state index < -0.39 is 11.1 Å². The van der Waals surface area contributed by atoms with Crippen molar-refractivity contribution < 1.29 is 9.53 Å². The molecule has 0 saturated carbocycles. The standard InChI is InChI=1S/C22H23ClN4O4/c1-25-17-11-15(24-20(28)14-7-6-13(23)10-19(14)31-3)16(27-8-4-5-9-27)12-18(17)26(2)22(30)21(25)29/h6-7,10-12H,4-5,8-9H2,1-3H3,(H,24,28). The Balaban J connectivity index is 1.88. The maximum Gasteiger partial charge on any atom is 0.316 e. The number of rotatable bonds is 4. The van der Waals surface area contributed by atoms with E-state index in [1.165, 1.54) is 16.2 Å². The summed E-state index contributed by atoms with van der Waals surface area (Å²) in [5, 5.41) is 3.43. The molecule has 0 spiro atoms. The summed E-state index contributed by atoms with van der Waals surface area (Å²) < 4.78 is 7.97. The minimum atomic E-state index is -0.624. The summed E-state index contributed by atoms with van der Waals surface area (Å²) in [4.78, 5) is 39.9. The first kappa shape index (κ1) is 21.0. The average molecular weight is 443 g/mol. The molecule has 1 aliphatic heterocycles. The molecule has 1 amide bonds. The third-order valence-electron chi connectivity index (χ3n) is 5.71. The number of anilines is 2. The highest BCUT2D eigenvalue weighted by Crippen LogP contribution is 2.34. The number of hydrogen-bond donors (Lipinski definition) is 1. The quantitative estimate of drug-likeness (QED) is 0.628. The van der Waals surface area contributed by atoms with E-state index >= 15 is 0 Å². The van der Waals surface area contributed by atoms with Gasteiger partial charge in [0.05, 0.1) is 35.1 Å². The maximum atomic E-state index is 13.1. The van der Waals surface area contributed by atoms with Crippen molar-refractivity contribution in [3.05, 3.63) is 61.6 Å². The zero-order chi connectivity index (χ0) is 22.3. The summed E-state index contributed by atoms with van der Waals surface area (Å²) in [6.45, 7) is 1.69. The van der Waals surface area contributed by atoms with Crippen LogP contribution in [0.15, 0.2) is 39.9 Å². The van der Waals surface area contributed by atoms with Crippen LogP contribution >= 0.6 is 11.6 Å². The van der Waals surface area contributed by atoms with Gasteiger partial charge in [0.15, 0.2) is 0 Å². The van der Waals surface area contributed by atoms with Gasteiger partial charge in [-0.2, -0.15) is 0 Å². The van der Waals surface area contributed by atoms with Crippen LogP contribution in [0.25, 0.3) is 11.0 Å². The van der Waals surface area contributed by atoms with Crippen LogP contribution in [0.2, 0.25) is 5.02 Å². The summed E-state index contributed by atoms with van der Waals surface area (Å²) in [7, 11) is 4.61. The molecule has 1 fully saturated rings. The third-order valence-corrected chi connectivity index (χ3v) is 5.95. The van der Waals surface area contributed by atoms with Gasteiger partial charge in [0.25, 0.3) is 5.91 Å². The lowest BCUT2D eigenvalue weighted by Crippen LogP contribution is -2.39. The molecule has 162 valence electrons. The van der Waals surface area contributed by atoms with Crippen molar-refractivity contribution in [3.63, 3.8) is 0 Å². The van der Waals surface area contributed by atoms with Gasteiger partial charge in [-0.15, -0.1) is 0 Å². The lowest BCUT2D eigenvalue weighted by Gasteiger charge is -2.23. The van der Waals surface area contributed by atoms with Crippen LogP contribution in [0, 0.1) is 0 Å². The van der Waals surface area contributed by atoms with E-state index in [2.05, 4.69) is 10.2 Å². The molecule has 2 aromatic carbocycles. The Morgan fingerprint density at radius 1 is 1.00 bits per heavy atom. The molecule has 2 heterocycles. The lowest BCUT2D eigenvalue weighted by atomic mass is 10.1. The van der Waals surface area contributed by atoms with Gasteiger partial charge in [-0.3, -0.25) is 14.4 Å². The second-order valence-electron chi connectivity index (χ2n) is 7.58. The van der Waals surface area contributed by atoms with E-state index in [0.29, 0.717) is 33.1 Å². The molecule has 0 atom stereocenters. The fourth-order valence-electron chi connectivity index (χ4n) is 3.97. The SMILES string of the molecule is COc1cc(Cl)ccc1C(=O)Nc1cc2c(cc1N1CCCC1)n(C)c(=O)c(=O)n2C. The first-order valence-electron chi connectivity index (χ1n) is 9.95. The Hall–Kier alpha value is -3.26. The van der Waals surface area contributed by atoms with Gasteiger partial charge in [-0.25, -0.2) is 0 Å². The summed E-state index contributed by atoms with van der Waals surface area (Å²) in [5.74, 6) is 0.00596. The fraction of sp³-hybridized carbons (Fsp3) is 0.318.